The Labute approximate surface area is 197 Å². The Morgan fingerprint density at radius 3 is 2.47 bits per heavy atom. The Morgan fingerprint density at radius 2 is 1.87 bits per heavy atom. The number of benzene rings is 1. The van der Waals surface area contributed by atoms with Crippen molar-refractivity contribution in [1.29, 1.82) is 0 Å². The molecule has 0 bridgehead atoms. The Kier molecular flexibility index (Phi) is 11.5. The third-order valence-corrected chi connectivity index (χ3v) is 4.13. The third kappa shape index (κ3) is 8.74. The Bertz CT molecular complexity index is 781. The zero-order chi connectivity index (χ0) is 21.2. The number of aliphatic imine (C=N–C) groups is 1. The molecule has 2 rings (SSSR count). The summed E-state index contributed by atoms with van der Waals surface area (Å²) >= 11 is 0. The fourth-order valence-electron chi connectivity index (χ4n) is 2.67. The first-order chi connectivity index (χ1) is 13.9. The van der Waals surface area contributed by atoms with E-state index in [9.17, 15) is 5.11 Å². The highest BCUT2D eigenvalue weighted by molar-refractivity contribution is 14.0. The number of hydrogen-bond donors (Lipinski definition) is 3. The van der Waals surface area contributed by atoms with Crippen LogP contribution in [0.3, 0.4) is 0 Å². The van der Waals surface area contributed by atoms with Crippen LogP contribution in [0.2, 0.25) is 0 Å². The lowest BCUT2D eigenvalue weighted by Gasteiger charge is -2.16. The summed E-state index contributed by atoms with van der Waals surface area (Å²) < 4.78 is 5.64. The Hall–Kier alpha value is -2.07. The molecule has 8 heteroatoms. The molecular weight excluding hydrogens is 493 g/mol. The number of nitrogens with one attached hydrogen (secondary N) is 2. The number of halogens is 1. The first kappa shape index (κ1) is 26.0. The molecule has 3 N–H and O–H groups in total. The summed E-state index contributed by atoms with van der Waals surface area (Å²) in [4.78, 5) is 10.9. The van der Waals surface area contributed by atoms with E-state index >= 15 is 0 Å². The molecule has 0 amide bonds. The zero-order valence-electron chi connectivity index (χ0n) is 18.4. The number of pyridine rings is 1. The second kappa shape index (κ2) is 13.3. The van der Waals surface area contributed by atoms with Crippen molar-refractivity contribution in [3.05, 3.63) is 53.7 Å². The lowest BCUT2D eigenvalue weighted by molar-refractivity contribution is 0.180. The van der Waals surface area contributed by atoms with E-state index in [1.54, 1.807) is 6.20 Å². The summed E-state index contributed by atoms with van der Waals surface area (Å²) in [5, 5.41) is 16.9. The summed E-state index contributed by atoms with van der Waals surface area (Å²) in [5.74, 6) is 2.36. The quantitative estimate of drug-likeness (QED) is 0.264. The van der Waals surface area contributed by atoms with Crippen LogP contribution in [-0.2, 0) is 6.54 Å². The van der Waals surface area contributed by atoms with Crippen LogP contribution in [0.15, 0.2) is 47.6 Å². The van der Waals surface area contributed by atoms with Gasteiger partial charge in [-0.2, -0.15) is 0 Å². The van der Waals surface area contributed by atoms with Crippen LogP contribution in [0.4, 0.5) is 5.82 Å². The number of anilines is 1. The van der Waals surface area contributed by atoms with Crippen molar-refractivity contribution in [2.45, 2.75) is 39.5 Å². The predicted molar refractivity (Wildman–Crippen MR) is 134 cm³/mol. The van der Waals surface area contributed by atoms with Crippen molar-refractivity contribution < 1.29 is 9.84 Å². The lowest BCUT2D eigenvalue weighted by Crippen LogP contribution is -2.39. The molecule has 1 aromatic heterocycles. The third-order valence-electron chi connectivity index (χ3n) is 4.13. The maximum atomic E-state index is 10.5. The van der Waals surface area contributed by atoms with Crippen molar-refractivity contribution >= 4 is 35.8 Å². The van der Waals surface area contributed by atoms with Crippen molar-refractivity contribution in [1.82, 2.24) is 15.6 Å². The number of aliphatic hydroxyl groups excluding tert-OH is 1. The van der Waals surface area contributed by atoms with Gasteiger partial charge in [0.25, 0.3) is 0 Å². The van der Waals surface area contributed by atoms with E-state index in [0.717, 1.165) is 29.2 Å². The summed E-state index contributed by atoms with van der Waals surface area (Å²) in [6.07, 6.45) is 1.27. The molecule has 0 fully saturated rings. The van der Waals surface area contributed by atoms with Gasteiger partial charge in [0.2, 0.25) is 0 Å². The van der Waals surface area contributed by atoms with Gasteiger partial charge < -0.3 is 25.4 Å². The predicted octanol–water partition coefficient (Wildman–Crippen LogP) is 3.34. The molecule has 0 radical (unpaired) electrons. The van der Waals surface area contributed by atoms with Crippen molar-refractivity contribution in [2.75, 3.05) is 32.1 Å². The van der Waals surface area contributed by atoms with Crippen molar-refractivity contribution in [2.24, 2.45) is 4.99 Å². The second-order valence-corrected chi connectivity index (χ2v) is 7.24. The topological polar surface area (TPSA) is 82.0 Å². The molecule has 0 saturated heterocycles. The fourth-order valence-corrected chi connectivity index (χ4v) is 2.67. The zero-order valence-corrected chi connectivity index (χ0v) is 20.8. The maximum Gasteiger partial charge on any atom is 0.191 e. The highest BCUT2D eigenvalue weighted by Gasteiger charge is 2.09. The summed E-state index contributed by atoms with van der Waals surface area (Å²) in [5.41, 5.74) is 1.90. The van der Waals surface area contributed by atoms with Crippen molar-refractivity contribution in [3.8, 4) is 5.75 Å². The van der Waals surface area contributed by atoms with Crippen LogP contribution in [-0.4, -0.2) is 49.3 Å². The average Bonchev–Trinajstić information content (AvgIpc) is 2.70. The van der Waals surface area contributed by atoms with E-state index in [2.05, 4.69) is 20.6 Å². The SMILES string of the molecule is CCNC(=NCc1ccnc(N(C)C)c1)NCC(O)c1ccc(OC(C)C)cc1.I. The molecule has 1 atom stereocenters. The molecular formula is C22H34IN5O2. The van der Waals surface area contributed by atoms with Gasteiger partial charge in [-0.3, -0.25) is 0 Å². The molecule has 7 nitrogen and oxygen atoms in total. The van der Waals surface area contributed by atoms with Gasteiger partial charge >= 0.3 is 0 Å². The lowest BCUT2D eigenvalue weighted by atomic mass is 10.1. The van der Waals surface area contributed by atoms with Crippen LogP contribution in [0.5, 0.6) is 5.75 Å². The van der Waals surface area contributed by atoms with Gasteiger partial charge in [-0.25, -0.2) is 9.98 Å². The fraction of sp³-hybridized carbons (Fsp3) is 0.455. The molecule has 0 aliphatic heterocycles. The van der Waals surface area contributed by atoms with Gasteiger partial charge in [0.05, 0.1) is 18.8 Å². The minimum Gasteiger partial charge on any atom is -0.491 e. The number of ether oxygens (including phenoxy) is 1. The molecule has 1 heterocycles. The van der Waals surface area contributed by atoms with Crippen LogP contribution in [0.1, 0.15) is 38.0 Å². The van der Waals surface area contributed by atoms with Gasteiger partial charge in [-0.05, 0) is 56.2 Å². The van der Waals surface area contributed by atoms with E-state index in [1.807, 2.05) is 76.2 Å². The number of guanidine groups is 1. The maximum absolute atomic E-state index is 10.5. The van der Waals surface area contributed by atoms with Gasteiger partial charge in [-0.1, -0.05) is 12.1 Å². The molecule has 0 aliphatic rings. The van der Waals surface area contributed by atoms with Gasteiger partial charge in [0.15, 0.2) is 5.96 Å². The number of rotatable bonds is 9. The monoisotopic (exact) mass is 527 g/mol. The summed E-state index contributed by atoms with van der Waals surface area (Å²) in [6, 6.07) is 11.5. The molecule has 1 unspecified atom stereocenters. The first-order valence-electron chi connectivity index (χ1n) is 9.98. The molecule has 0 spiro atoms. The van der Waals surface area contributed by atoms with Crippen LogP contribution >= 0.6 is 24.0 Å². The van der Waals surface area contributed by atoms with Crippen LogP contribution in [0.25, 0.3) is 0 Å². The van der Waals surface area contributed by atoms with Crippen LogP contribution in [0, 0.1) is 0 Å². The largest absolute Gasteiger partial charge is 0.491 e. The van der Waals surface area contributed by atoms with Gasteiger partial charge in [0, 0.05) is 33.4 Å². The molecule has 2 aromatic rings. The van der Waals surface area contributed by atoms with Gasteiger partial charge in [0.1, 0.15) is 11.6 Å². The van der Waals surface area contributed by atoms with Gasteiger partial charge in [-0.15, -0.1) is 24.0 Å². The van der Waals surface area contributed by atoms with E-state index < -0.39 is 6.10 Å². The average molecular weight is 527 g/mol. The number of hydrogen-bond acceptors (Lipinski definition) is 5. The Balaban J connectivity index is 0.00000450. The number of nitrogens with zero attached hydrogens (tertiary/aromatic N) is 3. The number of aliphatic hydroxyl groups is 1. The molecule has 30 heavy (non-hydrogen) atoms. The molecule has 166 valence electrons. The van der Waals surface area contributed by atoms with Crippen LogP contribution < -0.4 is 20.3 Å². The minimum absolute atomic E-state index is 0. The highest BCUT2D eigenvalue weighted by Crippen LogP contribution is 2.18. The number of aromatic nitrogens is 1. The standard InChI is InChI=1S/C22H33N5O2.HI/c1-6-23-22(25-14-17-11-12-24-21(13-17)27(4)5)26-15-20(28)18-7-9-19(10-8-18)29-16(2)3;/h7-13,16,20,28H,6,14-15H2,1-5H3,(H2,23,25,26);1H. The second-order valence-electron chi connectivity index (χ2n) is 7.24. The molecule has 1 aromatic carbocycles. The smallest absolute Gasteiger partial charge is 0.191 e. The highest BCUT2D eigenvalue weighted by atomic mass is 127. The van der Waals surface area contributed by atoms with E-state index in [0.29, 0.717) is 19.0 Å². The summed E-state index contributed by atoms with van der Waals surface area (Å²) in [6.45, 7) is 7.61. The molecule has 0 aliphatic carbocycles. The first-order valence-corrected chi connectivity index (χ1v) is 9.98. The summed E-state index contributed by atoms with van der Waals surface area (Å²) in [7, 11) is 3.92. The molecule has 0 saturated carbocycles. The van der Waals surface area contributed by atoms with E-state index in [1.165, 1.54) is 0 Å². The minimum atomic E-state index is -0.645. The normalized spacial score (nSPS) is 12.2. The van der Waals surface area contributed by atoms with Crippen molar-refractivity contribution in [3.63, 3.8) is 0 Å². The van der Waals surface area contributed by atoms with E-state index in [-0.39, 0.29) is 30.1 Å². The Morgan fingerprint density at radius 1 is 1.17 bits per heavy atom. The van der Waals surface area contributed by atoms with E-state index in [4.69, 9.17) is 4.74 Å².